The van der Waals surface area contributed by atoms with Crippen molar-refractivity contribution in [1.29, 1.82) is 0 Å². The van der Waals surface area contributed by atoms with Crippen LogP contribution in [0.3, 0.4) is 0 Å². The molecule has 1 heterocycles. The van der Waals surface area contributed by atoms with Crippen molar-refractivity contribution in [2.24, 2.45) is 0 Å². The molecule has 1 aromatic carbocycles. The van der Waals surface area contributed by atoms with E-state index in [0.717, 1.165) is 16.8 Å². The first-order chi connectivity index (χ1) is 10.9. The number of carbonyl (C=O) groups excluding carboxylic acids is 1. The molecule has 124 valence electrons. The van der Waals surface area contributed by atoms with Crippen LogP contribution in [-0.2, 0) is 10.0 Å². The van der Waals surface area contributed by atoms with Crippen LogP contribution in [-0.4, -0.2) is 50.0 Å². The third-order valence-electron chi connectivity index (χ3n) is 3.26. The molecule has 8 heteroatoms. The van der Waals surface area contributed by atoms with Crippen LogP contribution in [0.5, 0.6) is 0 Å². The van der Waals surface area contributed by atoms with Crippen molar-refractivity contribution in [3.63, 3.8) is 0 Å². The van der Waals surface area contributed by atoms with Gasteiger partial charge in [0.05, 0.1) is 6.26 Å². The zero-order valence-corrected chi connectivity index (χ0v) is 14.7. The Balaban J connectivity index is 1.84. The summed E-state index contributed by atoms with van der Waals surface area (Å²) in [7, 11) is -1.66. The molecule has 2 rings (SSSR count). The molecule has 0 spiro atoms. The molecule has 0 radical (unpaired) electrons. The summed E-state index contributed by atoms with van der Waals surface area (Å²) < 4.78 is 23.8. The molecule has 1 N–H and O–H groups in total. The summed E-state index contributed by atoms with van der Waals surface area (Å²) in [5.41, 5.74) is 1.36. The van der Waals surface area contributed by atoms with Gasteiger partial charge in [0.1, 0.15) is 10.7 Å². The van der Waals surface area contributed by atoms with E-state index in [1.54, 1.807) is 5.38 Å². The maximum absolute atomic E-state index is 12.0. The Labute approximate surface area is 140 Å². The summed E-state index contributed by atoms with van der Waals surface area (Å²) in [5, 5.41) is 5.28. The van der Waals surface area contributed by atoms with Crippen LogP contribution in [0, 0.1) is 0 Å². The van der Waals surface area contributed by atoms with Crippen LogP contribution in [0.1, 0.15) is 16.9 Å². The van der Waals surface area contributed by atoms with Gasteiger partial charge in [-0.2, -0.15) is 0 Å². The summed E-state index contributed by atoms with van der Waals surface area (Å²) in [4.78, 5) is 16.4. The smallest absolute Gasteiger partial charge is 0.270 e. The van der Waals surface area contributed by atoms with Gasteiger partial charge in [-0.1, -0.05) is 30.3 Å². The molecule has 0 saturated heterocycles. The Morgan fingerprint density at radius 3 is 2.65 bits per heavy atom. The van der Waals surface area contributed by atoms with Crippen molar-refractivity contribution in [3.8, 4) is 10.6 Å². The summed E-state index contributed by atoms with van der Waals surface area (Å²) in [6.07, 6.45) is 1.71. The van der Waals surface area contributed by atoms with Gasteiger partial charge >= 0.3 is 0 Å². The van der Waals surface area contributed by atoms with Crippen LogP contribution in [0.25, 0.3) is 10.6 Å². The van der Waals surface area contributed by atoms with E-state index in [1.165, 1.54) is 22.7 Å². The Hall–Kier alpha value is -1.77. The minimum Gasteiger partial charge on any atom is -0.351 e. The van der Waals surface area contributed by atoms with Gasteiger partial charge in [0.15, 0.2) is 0 Å². The van der Waals surface area contributed by atoms with Crippen LogP contribution >= 0.6 is 11.3 Å². The van der Waals surface area contributed by atoms with E-state index >= 15 is 0 Å². The second-order valence-electron chi connectivity index (χ2n) is 5.10. The zero-order valence-electron chi connectivity index (χ0n) is 13.0. The molecule has 6 nitrogen and oxygen atoms in total. The SMILES string of the molecule is CN(CCCNC(=O)c1csc(-c2ccccc2)n1)S(C)(=O)=O. The van der Waals surface area contributed by atoms with Crippen LogP contribution in [0.4, 0.5) is 0 Å². The maximum atomic E-state index is 12.0. The first-order valence-electron chi connectivity index (χ1n) is 7.08. The number of nitrogens with one attached hydrogen (secondary N) is 1. The summed E-state index contributed by atoms with van der Waals surface area (Å²) in [5.74, 6) is -0.245. The normalized spacial score (nSPS) is 11.6. The fourth-order valence-electron chi connectivity index (χ4n) is 1.85. The molecule has 0 bridgehead atoms. The monoisotopic (exact) mass is 353 g/mol. The molecule has 0 aliphatic heterocycles. The van der Waals surface area contributed by atoms with Crippen LogP contribution < -0.4 is 5.32 Å². The number of benzene rings is 1. The van der Waals surface area contributed by atoms with E-state index in [2.05, 4.69) is 10.3 Å². The molecular formula is C15H19N3O3S2. The van der Waals surface area contributed by atoms with Gasteiger partial charge in [-0.05, 0) is 6.42 Å². The molecule has 0 aliphatic carbocycles. The minimum absolute atomic E-state index is 0.245. The van der Waals surface area contributed by atoms with Gasteiger partial charge in [-0.25, -0.2) is 17.7 Å². The maximum Gasteiger partial charge on any atom is 0.270 e. The topological polar surface area (TPSA) is 79.4 Å². The minimum atomic E-state index is -3.17. The summed E-state index contributed by atoms with van der Waals surface area (Å²) in [6.45, 7) is 0.766. The average Bonchev–Trinajstić information content (AvgIpc) is 3.01. The fraction of sp³-hybridized carbons (Fsp3) is 0.333. The second kappa shape index (κ2) is 7.67. The van der Waals surface area contributed by atoms with E-state index in [9.17, 15) is 13.2 Å². The number of aromatic nitrogens is 1. The number of rotatable bonds is 7. The second-order valence-corrected chi connectivity index (χ2v) is 8.05. The highest BCUT2D eigenvalue weighted by molar-refractivity contribution is 7.88. The summed E-state index contributed by atoms with van der Waals surface area (Å²) >= 11 is 1.42. The highest BCUT2D eigenvalue weighted by atomic mass is 32.2. The molecule has 0 unspecified atom stereocenters. The van der Waals surface area contributed by atoms with Gasteiger partial charge in [0.2, 0.25) is 10.0 Å². The predicted molar refractivity (Wildman–Crippen MR) is 92.0 cm³/mol. The molecule has 0 saturated carbocycles. The Kier molecular flexibility index (Phi) is 5.86. The molecule has 0 atom stereocenters. The molecule has 1 amide bonds. The largest absolute Gasteiger partial charge is 0.351 e. The van der Waals surface area contributed by atoms with E-state index in [1.807, 2.05) is 30.3 Å². The summed E-state index contributed by atoms with van der Waals surface area (Å²) in [6, 6.07) is 9.67. The Bertz CT molecular complexity index is 757. The van der Waals surface area contributed by atoms with Crippen LogP contribution in [0.2, 0.25) is 0 Å². The molecule has 23 heavy (non-hydrogen) atoms. The Morgan fingerprint density at radius 1 is 1.30 bits per heavy atom. The number of nitrogens with zero attached hydrogens (tertiary/aromatic N) is 2. The molecule has 1 aromatic heterocycles. The van der Waals surface area contributed by atoms with Gasteiger partial charge < -0.3 is 5.32 Å². The molecular weight excluding hydrogens is 334 g/mol. The molecule has 0 aliphatic rings. The van der Waals surface area contributed by atoms with E-state index in [4.69, 9.17) is 0 Å². The number of amides is 1. The Morgan fingerprint density at radius 2 is 2.00 bits per heavy atom. The molecule has 0 fully saturated rings. The standard InChI is InChI=1S/C15H19N3O3S2/c1-18(23(2,20)21)10-6-9-16-14(19)13-11-22-15(17-13)12-7-4-3-5-8-12/h3-5,7-8,11H,6,9-10H2,1-2H3,(H,16,19). The van der Waals surface area contributed by atoms with Gasteiger partial charge in [0.25, 0.3) is 5.91 Å². The van der Waals surface area contributed by atoms with Gasteiger partial charge in [-0.15, -0.1) is 11.3 Å². The number of carbonyl (C=O) groups is 1. The number of thiazole rings is 1. The van der Waals surface area contributed by atoms with Crippen molar-refractivity contribution < 1.29 is 13.2 Å². The first-order valence-corrected chi connectivity index (χ1v) is 9.81. The number of hydrogen-bond donors (Lipinski definition) is 1. The first kappa shape index (κ1) is 17.6. The van der Waals surface area contributed by atoms with Crippen molar-refractivity contribution in [1.82, 2.24) is 14.6 Å². The van der Waals surface area contributed by atoms with E-state index in [-0.39, 0.29) is 5.91 Å². The lowest BCUT2D eigenvalue weighted by Gasteiger charge is -2.13. The molecule has 2 aromatic rings. The third-order valence-corrected chi connectivity index (χ3v) is 5.47. The van der Waals surface area contributed by atoms with Crippen molar-refractivity contribution in [2.45, 2.75) is 6.42 Å². The van der Waals surface area contributed by atoms with E-state index in [0.29, 0.717) is 25.2 Å². The van der Waals surface area contributed by atoms with Crippen LogP contribution in [0.15, 0.2) is 35.7 Å². The number of sulfonamides is 1. The predicted octanol–water partition coefficient (Wildman–Crippen LogP) is 1.82. The lowest BCUT2D eigenvalue weighted by atomic mass is 10.2. The highest BCUT2D eigenvalue weighted by Crippen LogP contribution is 2.23. The highest BCUT2D eigenvalue weighted by Gasteiger charge is 2.13. The average molecular weight is 353 g/mol. The fourth-order valence-corrected chi connectivity index (χ4v) is 3.12. The van der Waals surface area contributed by atoms with Gasteiger partial charge in [0, 0.05) is 31.1 Å². The van der Waals surface area contributed by atoms with Crippen molar-refractivity contribution >= 4 is 27.3 Å². The lowest BCUT2D eigenvalue weighted by molar-refractivity contribution is 0.0948. The quantitative estimate of drug-likeness (QED) is 0.770. The van der Waals surface area contributed by atoms with E-state index < -0.39 is 10.0 Å². The number of hydrogen-bond acceptors (Lipinski definition) is 5. The van der Waals surface area contributed by atoms with Crippen molar-refractivity contribution in [2.75, 3.05) is 26.4 Å². The lowest BCUT2D eigenvalue weighted by Crippen LogP contribution is -2.31. The van der Waals surface area contributed by atoms with Gasteiger partial charge in [-0.3, -0.25) is 4.79 Å². The van der Waals surface area contributed by atoms with Crippen molar-refractivity contribution in [3.05, 3.63) is 41.4 Å². The third kappa shape index (κ3) is 5.12. The zero-order chi connectivity index (χ0) is 16.9.